The second kappa shape index (κ2) is 15.4. The lowest BCUT2D eigenvalue weighted by Gasteiger charge is -2.32. The first-order valence-electron chi connectivity index (χ1n) is 13.0. The molecule has 0 aliphatic carbocycles. The Balaban J connectivity index is 0.000000732. The lowest BCUT2D eigenvalue weighted by atomic mass is 10.1. The van der Waals surface area contributed by atoms with E-state index in [0.717, 1.165) is 63.5 Å². The molecule has 1 aliphatic rings. The van der Waals surface area contributed by atoms with E-state index in [1.54, 1.807) is 13.2 Å². The van der Waals surface area contributed by atoms with Crippen molar-refractivity contribution >= 4 is 40.3 Å². The van der Waals surface area contributed by atoms with Gasteiger partial charge in [-0.1, -0.05) is 18.5 Å². The van der Waals surface area contributed by atoms with Gasteiger partial charge in [0.25, 0.3) is 0 Å². The molecular formula is C28H37ClFN5O3. The molecule has 0 spiro atoms. The van der Waals surface area contributed by atoms with Gasteiger partial charge in [-0.25, -0.2) is 14.4 Å². The molecule has 3 aromatic rings. The number of carbonyl (C=O) groups is 1. The Morgan fingerprint density at radius 1 is 1.18 bits per heavy atom. The number of likely N-dealkylation sites (tertiary alicyclic amines) is 1. The first kappa shape index (κ1) is 29.5. The van der Waals surface area contributed by atoms with Crippen molar-refractivity contribution in [3.05, 3.63) is 47.5 Å². The molecule has 0 atom stereocenters. The highest BCUT2D eigenvalue weighted by atomic mass is 35.5. The molecule has 2 aromatic carbocycles. The zero-order valence-electron chi connectivity index (χ0n) is 22.3. The van der Waals surface area contributed by atoms with Gasteiger partial charge in [-0.05, 0) is 70.1 Å². The molecule has 1 saturated heterocycles. The molecule has 206 valence electrons. The predicted octanol–water partition coefficient (Wildman–Crippen LogP) is 5.61. The van der Waals surface area contributed by atoms with Gasteiger partial charge in [0.05, 0.1) is 17.6 Å². The van der Waals surface area contributed by atoms with E-state index in [0.29, 0.717) is 34.9 Å². The summed E-state index contributed by atoms with van der Waals surface area (Å²) in [6.45, 7) is 6.16. The van der Waals surface area contributed by atoms with Gasteiger partial charge in [0.2, 0.25) is 0 Å². The minimum absolute atomic E-state index is 0.0429. The molecule has 1 aromatic heterocycles. The van der Waals surface area contributed by atoms with Crippen molar-refractivity contribution in [1.82, 2.24) is 20.2 Å². The standard InChI is InChI=1S/C24H29ClFN5O2.C4H8O/c1-27-8-3-9-31-10-6-17(7-11-31)33-23-13-18-21(14-22(23)32-2)28-15-29-24(18)30-16-4-5-20(26)19(25)12-16;1-2-3-4-5/h4-5,12-15,17,27H,3,6-11H2,1-2H3,(H,28,29,30);4H,2-3H2,1H3. The van der Waals surface area contributed by atoms with Crippen LogP contribution in [0, 0.1) is 5.82 Å². The average molecular weight is 546 g/mol. The summed E-state index contributed by atoms with van der Waals surface area (Å²) in [5.41, 5.74) is 1.34. The number of hydrogen-bond acceptors (Lipinski definition) is 8. The molecule has 0 saturated carbocycles. The lowest BCUT2D eigenvalue weighted by Crippen LogP contribution is -2.39. The van der Waals surface area contributed by atoms with E-state index in [-0.39, 0.29) is 11.1 Å². The van der Waals surface area contributed by atoms with E-state index < -0.39 is 5.82 Å². The molecular weight excluding hydrogens is 509 g/mol. The Morgan fingerprint density at radius 3 is 2.61 bits per heavy atom. The van der Waals surface area contributed by atoms with Crippen molar-refractivity contribution in [3.63, 3.8) is 0 Å². The smallest absolute Gasteiger partial charge is 0.162 e. The minimum Gasteiger partial charge on any atom is -0.493 e. The van der Waals surface area contributed by atoms with Crippen LogP contribution in [0.15, 0.2) is 36.7 Å². The second-order valence-corrected chi connectivity index (χ2v) is 9.47. The molecule has 1 fully saturated rings. The van der Waals surface area contributed by atoms with E-state index in [2.05, 4.69) is 25.5 Å². The fraction of sp³-hybridized carbons (Fsp3) is 0.464. The molecule has 2 N–H and O–H groups in total. The van der Waals surface area contributed by atoms with Gasteiger partial charge >= 0.3 is 0 Å². The summed E-state index contributed by atoms with van der Waals surface area (Å²) < 4.78 is 25.5. The van der Waals surface area contributed by atoms with Gasteiger partial charge < -0.3 is 29.8 Å². The second-order valence-electron chi connectivity index (χ2n) is 9.07. The number of rotatable bonds is 11. The van der Waals surface area contributed by atoms with Crippen LogP contribution in [0.4, 0.5) is 15.9 Å². The molecule has 4 rings (SSSR count). The summed E-state index contributed by atoms with van der Waals surface area (Å²) in [6.07, 6.45) is 7.28. The Bertz CT molecular complexity index is 1170. The van der Waals surface area contributed by atoms with E-state index in [4.69, 9.17) is 21.1 Å². The van der Waals surface area contributed by atoms with E-state index in [9.17, 15) is 9.18 Å². The van der Waals surface area contributed by atoms with E-state index in [1.165, 1.54) is 18.5 Å². The van der Waals surface area contributed by atoms with Crippen molar-refractivity contribution in [2.24, 2.45) is 0 Å². The van der Waals surface area contributed by atoms with Crippen LogP contribution in [0.3, 0.4) is 0 Å². The summed E-state index contributed by atoms with van der Waals surface area (Å²) in [5.74, 6) is 1.40. The highest BCUT2D eigenvalue weighted by Gasteiger charge is 2.22. The number of aromatic nitrogens is 2. The third kappa shape index (κ3) is 8.51. The number of carbonyl (C=O) groups excluding carboxylic acids is 1. The van der Waals surface area contributed by atoms with Gasteiger partial charge in [-0.3, -0.25) is 0 Å². The van der Waals surface area contributed by atoms with Crippen molar-refractivity contribution in [2.75, 3.05) is 45.7 Å². The zero-order chi connectivity index (χ0) is 27.3. The van der Waals surface area contributed by atoms with Crippen LogP contribution in [0.2, 0.25) is 5.02 Å². The number of ether oxygens (including phenoxy) is 2. The third-order valence-electron chi connectivity index (χ3n) is 6.24. The first-order chi connectivity index (χ1) is 18.5. The summed E-state index contributed by atoms with van der Waals surface area (Å²) in [5, 5.41) is 7.22. The number of unbranched alkanes of at least 4 members (excludes halogenated alkanes) is 1. The summed E-state index contributed by atoms with van der Waals surface area (Å²) >= 11 is 5.93. The molecule has 0 bridgehead atoms. The zero-order valence-corrected chi connectivity index (χ0v) is 23.1. The van der Waals surface area contributed by atoms with Crippen molar-refractivity contribution in [2.45, 2.75) is 45.1 Å². The van der Waals surface area contributed by atoms with Gasteiger partial charge in [-0.2, -0.15) is 0 Å². The Labute approximate surface area is 228 Å². The van der Waals surface area contributed by atoms with Crippen LogP contribution < -0.4 is 20.1 Å². The number of methoxy groups -OCH3 is 1. The Hall–Kier alpha value is -3.01. The summed E-state index contributed by atoms with van der Waals surface area (Å²) in [4.78, 5) is 20.6. The quantitative estimate of drug-likeness (QED) is 0.237. The number of halogens is 2. The molecule has 2 heterocycles. The number of benzene rings is 2. The molecule has 0 amide bonds. The fourth-order valence-electron chi connectivity index (χ4n) is 4.15. The van der Waals surface area contributed by atoms with Crippen LogP contribution in [0.1, 0.15) is 39.0 Å². The van der Waals surface area contributed by atoms with Crippen molar-refractivity contribution in [3.8, 4) is 11.5 Å². The fourth-order valence-corrected chi connectivity index (χ4v) is 4.33. The maximum atomic E-state index is 13.5. The number of fused-ring (bicyclic) bond motifs is 1. The molecule has 0 unspecified atom stereocenters. The highest BCUT2D eigenvalue weighted by molar-refractivity contribution is 6.31. The number of nitrogens with one attached hydrogen (secondary N) is 2. The third-order valence-corrected chi connectivity index (χ3v) is 6.53. The highest BCUT2D eigenvalue weighted by Crippen LogP contribution is 2.36. The van der Waals surface area contributed by atoms with Crippen LogP contribution >= 0.6 is 11.6 Å². The van der Waals surface area contributed by atoms with Gasteiger partial charge in [0.1, 0.15) is 30.4 Å². The Morgan fingerprint density at radius 2 is 1.97 bits per heavy atom. The maximum absolute atomic E-state index is 13.5. The number of nitrogens with zero attached hydrogens (tertiary/aromatic N) is 3. The molecule has 1 aliphatic heterocycles. The summed E-state index contributed by atoms with van der Waals surface area (Å²) in [6, 6.07) is 8.20. The topological polar surface area (TPSA) is 88.6 Å². The number of aldehydes is 1. The van der Waals surface area contributed by atoms with Crippen LogP contribution in [0.5, 0.6) is 11.5 Å². The average Bonchev–Trinajstić information content (AvgIpc) is 2.93. The normalized spacial score (nSPS) is 14.0. The van der Waals surface area contributed by atoms with Crippen LogP contribution in [-0.4, -0.2) is 67.6 Å². The van der Waals surface area contributed by atoms with Gasteiger partial charge in [0.15, 0.2) is 11.5 Å². The summed E-state index contributed by atoms with van der Waals surface area (Å²) in [7, 11) is 3.61. The number of anilines is 2. The van der Waals surface area contributed by atoms with E-state index in [1.807, 2.05) is 26.1 Å². The van der Waals surface area contributed by atoms with Crippen LogP contribution in [-0.2, 0) is 4.79 Å². The maximum Gasteiger partial charge on any atom is 0.162 e. The van der Waals surface area contributed by atoms with E-state index >= 15 is 0 Å². The number of piperidine rings is 1. The Kier molecular flexibility index (Phi) is 12.0. The monoisotopic (exact) mass is 545 g/mol. The van der Waals surface area contributed by atoms with Crippen molar-refractivity contribution < 1.29 is 18.7 Å². The minimum atomic E-state index is -0.469. The molecule has 38 heavy (non-hydrogen) atoms. The SMILES string of the molecule is CCCC=O.CNCCCN1CCC(Oc2cc3c(Nc4ccc(F)c(Cl)c4)ncnc3cc2OC)CC1. The molecule has 10 heteroatoms. The largest absolute Gasteiger partial charge is 0.493 e. The molecule has 0 radical (unpaired) electrons. The van der Waals surface area contributed by atoms with Gasteiger partial charge in [0, 0.05) is 36.7 Å². The predicted molar refractivity (Wildman–Crippen MR) is 150 cm³/mol. The van der Waals surface area contributed by atoms with Crippen LogP contribution in [0.25, 0.3) is 10.9 Å². The first-order valence-corrected chi connectivity index (χ1v) is 13.4. The number of hydrogen-bond donors (Lipinski definition) is 2. The molecule has 8 nitrogen and oxygen atoms in total. The lowest BCUT2D eigenvalue weighted by molar-refractivity contribution is -0.107. The van der Waals surface area contributed by atoms with Crippen molar-refractivity contribution in [1.29, 1.82) is 0 Å². The van der Waals surface area contributed by atoms with Gasteiger partial charge in [-0.15, -0.1) is 0 Å².